The molecule has 4 aromatic rings. The van der Waals surface area contributed by atoms with E-state index in [9.17, 15) is 4.79 Å². The molecule has 0 fully saturated rings. The number of hydrogen-bond donors (Lipinski definition) is 1. The number of aromatic nitrogens is 4. The Labute approximate surface area is 195 Å². The van der Waals surface area contributed by atoms with Gasteiger partial charge in [-0.15, -0.1) is 5.10 Å². The molecule has 1 amide bonds. The minimum atomic E-state index is -0.203. The molecule has 4 rings (SSSR count). The van der Waals surface area contributed by atoms with Crippen LogP contribution in [0.25, 0.3) is 5.69 Å². The first-order valence-electron chi connectivity index (χ1n) is 10.2. The average molecular weight is 462 g/mol. The van der Waals surface area contributed by atoms with Crippen molar-refractivity contribution in [3.63, 3.8) is 0 Å². The first-order valence-corrected chi connectivity index (χ1v) is 11.2. The summed E-state index contributed by atoms with van der Waals surface area (Å²) in [5, 5.41) is 15.3. The van der Waals surface area contributed by atoms with E-state index in [1.165, 1.54) is 11.8 Å². The highest BCUT2D eigenvalue weighted by Gasteiger charge is 2.16. The van der Waals surface area contributed by atoms with Gasteiger partial charge < -0.3 is 14.8 Å². The molecule has 0 saturated heterocycles. The molecule has 0 aliphatic carbocycles. The van der Waals surface area contributed by atoms with E-state index < -0.39 is 0 Å². The largest absolute Gasteiger partial charge is 0.494 e. The lowest BCUT2D eigenvalue weighted by Gasteiger charge is -2.12. The molecule has 33 heavy (non-hydrogen) atoms. The number of para-hydroxylation sites is 2. The van der Waals surface area contributed by atoms with Gasteiger partial charge in [-0.3, -0.25) is 4.79 Å². The quantitative estimate of drug-likeness (QED) is 0.377. The standard InChI is InChI=1S/C24H23N5O3S/c1-16-8-11-18(12-9-16)32-21-7-5-4-6-19(21)25-23(30)15-33-24-26-27-28-29(24)20-14-17(2)10-13-22(20)31-3/h4-14H,15H2,1-3H3,(H,25,30). The van der Waals surface area contributed by atoms with Crippen molar-refractivity contribution >= 4 is 23.4 Å². The number of carbonyl (C=O) groups is 1. The maximum atomic E-state index is 12.7. The Kier molecular flexibility index (Phi) is 6.89. The van der Waals surface area contributed by atoms with Crippen LogP contribution in [0.15, 0.2) is 71.9 Å². The first kappa shape index (κ1) is 22.3. The van der Waals surface area contributed by atoms with Gasteiger partial charge in [0.2, 0.25) is 11.1 Å². The number of anilines is 1. The third kappa shape index (κ3) is 5.50. The van der Waals surface area contributed by atoms with Gasteiger partial charge in [0.1, 0.15) is 17.2 Å². The van der Waals surface area contributed by atoms with Crippen molar-refractivity contribution in [2.75, 3.05) is 18.2 Å². The number of amides is 1. The van der Waals surface area contributed by atoms with Crippen LogP contribution in [0.5, 0.6) is 17.2 Å². The molecule has 3 aromatic carbocycles. The summed E-state index contributed by atoms with van der Waals surface area (Å²) in [4.78, 5) is 12.7. The Hall–Kier alpha value is -3.85. The molecule has 0 saturated carbocycles. The number of nitrogens with one attached hydrogen (secondary N) is 1. The van der Waals surface area contributed by atoms with Gasteiger partial charge in [-0.1, -0.05) is 47.7 Å². The second-order valence-corrected chi connectivity index (χ2v) is 8.24. The van der Waals surface area contributed by atoms with Crippen molar-refractivity contribution < 1.29 is 14.3 Å². The third-order valence-corrected chi connectivity index (χ3v) is 5.67. The number of carbonyl (C=O) groups excluding carboxylic acids is 1. The molecule has 0 aliphatic rings. The summed E-state index contributed by atoms with van der Waals surface area (Å²) in [6.45, 7) is 3.99. The van der Waals surface area contributed by atoms with Crippen LogP contribution in [0.2, 0.25) is 0 Å². The average Bonchev–Trinajstić information content (AvgIpc) is 3.29. The van der Waals surface area contributed by atoms with Gasteiger partial charge in [0.25, 0.3) is 0 Å². The molecular formula is C24H23N5O3S. The van der Waals surface area contributed by atoms with Gasteiger partial charge in [0.15, 0.2) is 5.75 Å². The predicted octanol–water partition coefficient (Wildman–Crippen LogP) is 4.81. The predicted molar refractivity (Wildman–Crippen MR) is 127 cm³/mol. The molecule has 1 aromatic heterocycles. The number of thioether (sulfide) groups is 1. The van der Waals surface area contributed by atoms with Gasteiger partial charge in [0.05, 0.1) is 18.6 Å². The number of methoxy groups -OCH3 is 1. The van der Waals surface area contributed by atoms with Gasteiger partial charge in [-0.05, 0) is 66.2 Å². The summed E-state index contributed by atoms with van der Waals surface area (Å²) in [5.41, 5.74) is 3.48. The summed E-state index contributed by atoms with van der Waals surface area (Å²) in [6, 6.07) is 20.8. The first-order chi connectivity index (χ1) is 16.0. The monoisotopic (exact) mass is 461 g/mol. The summed E-state index contributed by atoms with van der Waals surface area (Å²) >= 11 is 1.23. The van der Waals surface area contributed by atoms with Crippen molar-refractivity contribution in [3.8, 4) is 22.9 Å². The Morgan fingerprint density at radius 2 is 1.76 bits per heavy atom. The van der Waals surface area contributed by atoms with E-state index >= 15 is 0 Å². The van der Waals surface area contributed by atoms with Crippen molar-refractivity contribution in [1.82, 2.24) is 20.2 Å². The molecule has 1 heterocycles. The Bertz CT molecular complexity index is 1260. The topological polar surface area (TPSA) is 91.2 Å². The summed E-state index contributed by atoms with van der Waals surface area (Å²) in [5.74, 6) is 1.82. The maximum absolute atomic E-state index is 12.7. The SMILES string of the molecule is COc1ccc(C)cc1-n1nnnc1SCC(=O)Nc1ccccc1Oc1ccc(C)cc1. The normalized spacial score (nSPS) is 10.6. The number of aryl methyl sites for hydroxylation is 2. The van der Waals surface area contributed by atoms with E-state index in [2.05, 4.69) is 20.8 Å². The second-order valence-electron chi connectivity index (χ2n) is 7.30. The van der Waals surface area contributed by atoms with Crippen LogP contribution >= 0.6 is 11.8 Å². The van der Waals surface area contributed by atoms with Crippen molar-refractivity contribution in [2.24, 2.45) is 0 Å². The molecule has 0 unspecified atom stereocenters. The highest BCUT2D eigenvalue weighted by Crippen LogP contribution is 2.30. The van der Waals surface area contributed by atoms with E-state index in [0.29, 0.717) is 33.8 Å². The van der Waals surface area contributed by atoms with Gasteiger partial charge in [-0.25, -0.2) is 0 Å². The van der Waals surface area contributed by atoms with Crippen molar-refractivity contribution in [3.05, 3.63) is 77.9 Å². The molecule has 0 aliphatic heterocycles. The Balaban J connectivity index is 1.44. The fourth-order valence-electron chi connectivity index (χ4n) is 3.09. The molecular weight excluding hydrogens is 438 g/mol. The number of rotatable bonds is 8. The minimum absolute atomic E-state index is 0.118. The summed E-state index contributed by atoms with van der Waals surface area (Å²) in [7, 11) is 1.59. The molecule has 0 radical (unpaired) electrons. The Morgan fingerprint density at radius 1 is 1.00 bits per heavy atom. The van der Waals surface area contributed by atoms with Crippen LogP contribution in [-0.2, 0) is 4.79 Å². The zero-order valence-electron chi connectivity index (χ0n) is 18.5. The zero-order valence-corrected chi connectivity index (χ0v) is 19.3. The third-order valence-electron chi connectivity index (χ3n) is 4.75. The van der Waals surface area contributed by atoms with E-state index in [1.807, 2.05) is 74.5 Å². The van der Waals surface area contributed by atoms with E-state index in [1.54, 1.807) is 17.9 Å². The van der Waals surface area contributed by atoms with Crippen LogP contribution in [-0.4, -0.2) is 39.0 Å². The van der Waals surface area contributed by atoms with Gasteiger partial charge in [-0.2, -0.15) is 4.68 Å². The molecule has 9 heteroatoms. The van der Waals surface area contributed by atoms with Crippen LogP contribution in [0, 0.1) is 13.8 Å². The van der Waals surface area contributed by atoms with Crippen LogP contribution < -0.4 is 14.8 Å². The highest BCUT2D eigenvalue weighted by atomic mass is 32.2. The van der Waals surface area contributed by atoms with Crippen LogP contribution in [0.1, 0.15) is 11.1 Å². The van der Waals surface area contributed by atoms with Crippen molar-refractivity contribution in [1.29, 1.82) is 0 Å². The Morgan fingerprint density at radius 3 is 2.55 bits per heavy atom. The fourth-order valence-corrected chi connectivity index (χ4v) is 3.78. The number of ether oxygens (including phenoxy) is 2. The maximum Gasteiger partial charge on any atom is 0.234 e. The van der Waals surface area contributed by atoms with E-state index in [0.717, 1.165) is 11.1 Å². The lowest BCUT2D eigenvalue weighted by atomic mass is 10.2. The molecule has 0 atom stereocenters. The highest BCUT2D eigenvalue weighted by molar-refractivity contribution is 7.99. The van der Waals surface area contributed by atoms with Crippen LogP contribution in [0.4, 0.5) is 5.69 Å². The number of nitrogens with zero attached hydrogens (tertiary/aromatic N) is 4. The van der Waals surface area contributed by atoms with Crippen molar-refractivity contribution in [2.45, 2.75) is 19.0 Å². The summed E-state index contributed by atoms with van der Waals surface area (Å²) < 4.78 is 13.0. The number of tetrazole rings is 1. The van der Waals surface area contributed by atoms with E-state index in [-0.39, 0.29) is 11.7 Å². The molecule has 0 bridgehead atoms. The fraction of sp³-hybridized carbons (Fsp3) is 0.167. The zero-order chi connectivity index (χ0) is 23.2. The molecule has 1 N–H and O–H groups in total. The van der Waals surface area contributed by atoms with E-state index in [4.69, 9.17) is 9.47 Å². The molecule has 8 nitrogen and oxygen atoms in total. The molecule has 0 spiro atoms. The lowest BCUT2D eigenvalue weighted by Crippen LogP contribution is -2.15. The minimum Gasteiger partial charge on any atom is -0.494 e. The number of hydrogen-bond acceptors (Lipinski definition) is 7. The van der Waals surface area contributed by atoms with Crippen LogP contribution in [0.3, 0.4) is 0 Å². The summed E-state index contributed by atoms with van der Waals surface area (Å²) in [6.07, 6.45) is 0. The molecule has 168 valence electrons. The van der Waals surface area contributed by atoms with Gasteiger partial charge in [0, 0.05) is 0 Å². The number of benzene rings is 3. The lowest BCUT2D eigenvalue weighted by molar-refractivity contribution is -0.113. The smallest absolute Gasteiger partial charge is 0.234 e. The second kappa shape index (κ2) is 10.2. The van der Waals surface area contributed by atoms with Gasteiger partial charge >= 0.3 is 0 Å².